The molecule has 1 amide bonds. The molecule has 28 heavy (non-hydrogen) atoms. The molecular weight excluding hydrogens is 394 g/mol. The Morgan fingerprint density at radius 3 is 2.25 bits per heavy atom. The van der Waals surface area contributed by atoms with Gasteiger partial charge < -0.3 is 5.32 Å². The zero-order valence-electron chi connectivity index (χ0n) is 16.9. The van der Waals surface area contributed by atoms with Crippen LogP contribution in [-0.2, 0) is 14.8 Å². The highest BCUT2D eigenvalue weighted by atomic mass is 32.2. The first-order chi connectivity index (χ1) is 13.2. The molecule has 1 aromatic heterocycles. The van der Waals surface area contributed by atoms with Crippen LogP contribution in [0.3, 0.4) is 0 Å². The summed E-state index contributed by atoms with van der Waals surface area (Å²) in [4.78, 5) is 17.0. The van der Waals surface area contributed by atoms with Crippen molar-refractivity contribution in [2.75, 3.05) is 18.4 Å². The molecule has 0 saturated heterocycles. The Hall–Kier alpha value is -1.90. The smallest absolute Gasteiger partial charge is 0.244 e. The Labute approximate surface area is 171 Å². The molecule has 6 nitrogen and oxygen atoms in total. The number of sulfonamides is 1. The summed E-state index contributed by atoms with van der Waals surface area (Å²) in [5.41, 5.74) is 2.85. The predicted molar refractivity (Wildman–Crippen MR) is 114 cm³/mol. The molecule has 0 aliphatic carbocycles. The van der Waals surface area contributed by atoms with Gasteiger partial charge in [0.1, 0.15) is 4.90 Å². The molecule has 2 aromatic rings. The van der Waals surface area contributed by atoms with Gasteiger partial charge in [0.05, 0.1) is 10.3 Å². The summed E-state index contributed by atoms with van der Waals surface area (Å²) in [6, 6.07) is 9.05. The van der Waals surface area contributed by atoms with E-state index in [1.807, 2.05) is 32.0 Å². The first-order valence-electron chi connectivity index (χ1n) is 9.20. The second kappa shape index (κ2) is 9.54. The number of para-hydroxylation sites is 1. The molecule has 0 aliphatic rings. The molecule has 0 radical (unpaired) electrons. The van der Waals surface area contributed by atoms with Gasteiger partial charge in [0, 0.05) is 25.0 Å². The average Bonchev–Trinajstić information content (AvgIpc) is 2.66. The molecule has 2 rings (SSSR count). The van der Waals surface area contributed by atoms with Crippen molar-refractivity contribution in [3.8, 4) is 0 Å². The second-order valence-electron chi connectivity index (χ2n) is 6.44. The highest BCUT2D eigenvalue weighted by Gasteiger charge is 2.22. The number of nitrogens with zero attached hydrogens (tertiary/aromatic N) is 2. The third-order valence-corrected chi connectivity index (χ3v) is 7.53. The second-order valence-corrected chi connectivity index (χ2v) is 9.74. The summed E-state index contributed by atoms with van der Waals surface area (Å²) in [5, 5.41) is 3.20. The number of benzene rings is 1. The van der Waals surface area contributed by atoms with Gasteiger partial charge in [-0.2, -0.15) is 4.31 Å². The predicted octanol–water partition coefficient (Wildman–Crippen LogP) is 3.85. The van der Waals surface area contributed by atoms with Gasteiger partial charge >= 0.3 is 0 Å². The van der Waals surface area contributed by atoms with E-state index in [9.17, 15) is 13.2 Å². The fourth-order valence-electron chi connectivity index (χ4n) is 2.77. The number of rotatable bonds is 8. The van der Waals surface area contributed by atoms with E-state index in [4.69, 9.17) is 0 Å². The van der Waals surface area contributed by atoms with Crippen LogP contribution in [-0.4, -0.2) is 42.0 Å². The maximum Gasteiger partial charge on any atom is 0.244 e. The van der Waals surface area contributed by atoms with E-state index in [1.54, 1.807) is 32.9 Å². The van der Waals surface area contributed by atoms with Crippen LogP contribution in [0.15, 0.2) is 46.5 Å². The van der Waals surface area contributed by atoms with E-state index in [0.717, 1.165) is 16.8 Å². The minimum absolute atomic E-state index is 0.121. The molecule has 1 heterocycles. The zero-order chi connectivity index (χ0) is 20.9. The molecule has 152 valence electrons. The average molecular weight is 422 g/mol. The molecule has 0 aliphatic heterocycles. The van der Waals surface area contributed by atoms with Gasteiger partial charge in [-0.3, -0.25) is 4.79 Å². The van der Waals surface area contributed by atoms with Crippen LogP contribution in [0.1, 0.15) is 31.9 Å². The van der Waals surface area contributed by atoms with Crippen molar-refractivity contribution >= 4 is 33.4 Å². The number of hydrogen-bond acceptors (Lipinski definition) is 5. The van der Waals surface area contributed by atoms with Crippen LogP contribution in [0.2, 0.25) is 0 Å². The third kappa shape index (κ3) is 5.12. The fourth-order valence-corrected chi connectivity index (χ4v) is 4.96. The van der Waals surface area contributed by atoms with Crippen molar-refractivity contribution in [2.24, 2.45) is 0 Å². The van der Waals surface area contributed by atoms with Gasteiger partial charge in [-0.25, -0.2) is 13.4 Å². The maximum absolute atomic E-state index is 12.6. The topological polar surface area (TPSA) is 79.4 Å². The number of pyridine rings is 1. The first kappa shape index (κ1) is 22.4. The van der Waals surface area contributed by atoms with Crippen molar-refractivity contribution in [3.05, 3.63) is 47.7 Å². The van der Waals surface area contributed by atoms with Crippen LogP contribution in [0, 0.1) is 13.8 Å². The highest BCUT2D eigenvalue weighted by molar-refractivity contribution is 8.00. The molecule has 0 saturated carbocycles. The lowest BCUT2D eigenvalue weighted by Crippen LogP contribution is -2.30. The zero-order valence-corrected chi connectivity index (χ0v) is 18.5. The number of aromatic nitrogens is 1. The van der Waals surface area contributed by atoms with E-state index in [-0.39, 0.29) is 16.1 Å². The number of aryl methyl sites for hydroxylation is 2. The van der Waals surface area contributed by atoms with E-state index < -0.39 is 10.0 Å². The highest BCUT2D eigenvalue weighted by Crippen LogP contribution is 2.26. The molecule has 1 aromatic carbocycles. The number of carbonyl (C=O) groups excluding carboxylic acids is 1. The van der Waals surface area contributed by atoms with Crippen molar-refractivity contribution in [2.45, 2.75) is 49.8 Å². The van der Waals surface area contributed by atoms with Gasteiger partial charge in [0.2, 0.25) is 15.9 Å². The number of carbonyl (C=O) groups is 1. The van der Waals surface area contributed by atoms with Gasteiger partial charge in [0.25, 0.3) is 0 Å². The van der Waals surface area contributed by atoms with Gasteiger partial charge in [-0.05, 0) is 44.0 Å². The van der Waals surface area contributed by atoms with E-state index in [0.29, 0.717) is 18.1 Å². The number of thioether (sulfide) groups is 1. The number of hydrogen-bond donors (Lipinski definition) is 1. The molecule has 0 fully saturated rings. The minimum Gasteiger partial charge on any atom is -0.325 e. The summed E-state index contributed by atoms with van der Waals surface area (Å²) in [6.45, 7) is 10.1. The maximum atomic E-state index is 12.6. The normalized spacial score (nSPS) is 12.8. The summed E-state index contributed by atoms with van der Waals surface area (Å²) in [6.07, 6.45) is 1.35. The van der Waals surface area contributed by atoms with Crippen LogP contribution in [0.4, 0.5) is 5.69 Å². The molecule has 1 N–H and O–H groups in total. The van der Waals surface area contributed by atoms with Crippen LogP contribution >= 0.6 is 11.8 Å². The molecule has 0 bridgehead atoms. The number of anilines is 1. The summed E-state index contributed by atoms with van der Waals surface area (Å²) in [7, 11) is -3.53. The lowest BCUT2D eigenvalue weighted by atomic mass is 10.1. The number of nitrogens with one attached hydrogen (secondary N) is 1. The molecule has 0 spiro atoms. The van der Waals surface area contributed by atoms with Crippen molar-refractivity contribution in [3.63, 3.8) is 0 Å². The lowest BCUT2D eigenvalue weighted by Gasteiger charge is -2.18. The van der Waals surface area contributed by atoms with Crippen molar-refractivity contribution in [1.82, 2.24) is 9.29 Å². The van der Waals surface area contributed by atoms with Gasteiger partial charge in [0.15, 0.2) is 0 Å². The van der Waals surface area contributed by atoms with Crippen LogP contribution < -0.4 is 5.32 Å². The van der Waals surface area contributed by atoms with E-state index in [2.05, 4.69) is 10.3 Å². The Morgan fingerprint density at radius 1 is 1.14 bits per heavy atom. The molecule has 8 heteroatoms. The molecular formula is C20H27N3O3S2. The van der Waals surface area contributed by atoms with Gasteiger partial charge in [-0.1, -0.05) is 43.8 Å². The monoisotopic (exact) mass is 421 g/mol. The Bertz CT molecular complexity index is 904. The molecule has 1 unspecified atom stereocenters. The summed E-state index contributed by atoms with van der Waals surface area (Å²) in [5.74, 6) is -0.121. The standard InChI is InChI=1S/C20H27N3O3S2/c1-6-23(7-2)28(25,26)17-11-12-18(21-13-17)27-16(5)20(24)22-19-14(3)9-8-10-15(19)4/h8-13,16H,6-7H2,1-5H3,(H,22,24). The van der Waals surface area contributed by atoms with E-state index in [1.165, 1.54) is 22.3 Å². The number of amides is 1. The Balaban J connectivity index is 2.08. The van der Waals surface area contributed by atoms with Crippen molar-refractivity contribution in [1.29, 1.82) is 0 Å². The van der Waals surface area contributed by atoms with Crippen LogP contribution in [0.25, 0.3) is 0 Å². The Kier molecular flexibility index (Phi) is 7.63. The largest absolute Gasteiger partial charge is 0.325 e. The first-order valence-corrected chi connectivity index (χ1v) is 11.5. The quantitative estimate of drug-likeness (QED) is 0.655. The summed E-state index contributed by atoms with van der Waals surface area (Å²) < 4.78 is 26.4. The minimum atomic E-state index is -3.53. The SMILES string of the molecule is CCN(CC)S(=O)(=O)c1ccc(SC(C)C(=O)Nc2c(C)cccc2C)nc1. The lowest BCUT2D eigenvalue weighted by molar-refractivity contribution is -0.115. The van der Waals surface area contributed by atoms with Gasteiger partial charge in [-0.15, -0.1) is 0 Å². The van der Waals surface area contributed by atoms with Crippen molar-refractivity contribution < 1.29 is 13.2 Å². The van der Waals surface area contributed by atoms with E-state index >= 15 is 0 Å². The molecule has 1 atom stereocenters. The third-order valence-electron chi connectivity index (χ3n) is 4.45. The van der Waals surface area contributed by atoms with Crippen LogP contribution in [0.5, 0.6) is 0 Å². The Morgan fingerprint density at radius 2 is 1.75 bits per heavy atom. The summed E-state index contributed by atoms with van der Waals surface area (Å²) >= 11 is 1.29. The fraction of sp³-hybridized carbons (Fsp3) is 0.400.